The van der Waals surface area contributed by atoms with Crippen molar-refractivity contribution in [2.24, 2.45) is 0 Å². The van der Waals surface area contributed by atoms with E-state index in [0.717, 1.165) is 5.56 Å². The Morgan fingerprint density at radius 1 is 1.04 bits per heavy atom. The van der Waals surface area contributed by atoms with Crippen molar-refractivity contribution in [2.45, 2.75) is 6.54 Å². The van der Waals surface area contributed by atoms with Crippen molar-refractivity contribution < 1.29 is 4.79 Å². The number of amides is 1. The maximum atomic E-state index is 11.9. The maximum absolute atomic E-state index is 11.9. The zero-order chi connectivity index (χ0) is 16.1. The smallest absolute Gasteiger partial charge is 0.260 e. The molecule has 0 atom stereocenters. The van der Waals surface area contributed by atoms with Gasteiger partial charge in [0.05, 0.1) is 17.4 Å². The first-order valence-corrected chi connectivity index (χ1v) is 7.26. The van der Waals surface area contributed by atoms with E-state index in [1.807, 2.05) is 36.4 Å². The summed E-state index contributed by atoms with van der Waals surface area (Å²) >= 11 is 0. The van der Waals surface area contributed by atoms with Crippen LogP contribution in [0.1, 0.15) is 5.56 Å². The molecule has 2 aromatic carbocycles. The van der Waals surface area contributed by atoms with Crippen molar-refractivity contribution in [2.75, 3.05) is 11.9 Å². The van der Waals surface area contributed by atoms with E-state index in [4.69, 9.17) is 0 Å². The summed E-state index contributed by atoms with van der Waals surface area (Å²) in [5.41, 5.74) is 1.38. The molecular weight excluding hydrogens is 292 g/mol. The lowest BCUT2D eigenvalue weighted by molar-refractivity contribution is -0.119. The van der Waals surface area contributed by atoms with Crippen molar-refractivity contribution in [3.63, 3.8) is 0 Å². The first kappa shape index (κ1) is 14.8. The van der Waals surface area contributed by atoms with E-state index in [0.29, 0.717) is 17.4 Å². The molecule has 1 amide bonds. The van der Waals surface area contributed by atoms with Crippen molar-refractivity contribution in [1.82, 2.24) is 15.3 Å². The third kappa shape index (κ3) is 3.74. The van der Waals surface area contributed by atoms with E-state index in [-0.39, 0.29) is 24.0 Å². The van der Waals surface area contributed by atoms with Gasteiger partial charge < -0.3 is 10.6 Å². The number of benzene rings is 2. The van der Waals surface area contributed by atoms with Gasteiger partial charge in [-0.1, -0.05) is 42.5 Å². The Balaban J connectivity index is 1.60. The second-order valence-corrected chi connectivity index (χ2v) is 5.05. The van der Waals surface area contributed by atoms with E-state index in [1.165, 1.54) is 0 Å². The van der Waals surface area contributed by atoms with Gasteiger partial charge in [-0.3, -0.25) is 14.6 Å². The van der Waals surface area contributed by atoms with Gasteiger partial charge in [-0.15, -0.1) is 0 Å². The molecule has 116 valence electrons. The van der Waals surface area contributed by atoms with Crippen LogP contribution in [-0.4, -0.2) is 22.4 Å². The molecule has 6 heteroatoms. The maximum Gasteiger partial charge on any atom is 0.260 e. The standard InChI is InChI=1S/C17H16N4O2/c22-15(18-10-12-6-2-1-3-7-12)11-19-17-20-14-9-5-4-8-13(14)16(23)21-17/h1-9H,10-11H2,(H,18,22)(H2,19,20,21,23). The Morgan fingerprint density at radius 3 is 2.61 bits per heavy atom. The molecule has 3 N–H and O–H groups in total. The molecule has 6 nitrogen and oxygen atoms in total. The molecule has 0 spiro atoms. The number of rotatable bonds is 5. The van der Waals surface area contributed by atoms with Crippen LogP contribution in [0.5, 0.6) is 0 Å². The Labute approximate surface area is 132 Å². The highest BCUT2D eigenvalue weighted by molar-refractivity contribution is 5.81. The van der Waals surface area contributed by atoms with Gasteiger partial charge in [0.2, 0.25) is 11.9 Å². The summed E-state index contributed by atoms with van der Waals surface area (Å²) < 4.78 is 0. The first-order chi connectivity index (χ1) is 11.2. The van der Waals surface area contributed by atoms with Gasteiger partial charge in [0.25, 0.3) is 5.56 Å². The zero-order valence-corrected chi connectivity index (χ0v) is 12.4. The van der Waals surface area contributed by atoms with Gasteiger partial charge in [-0.25, -0.2) is 4.98 Å². The number of carbonyl (C=O) groups excluding carboxylic acids is 1. The Hall–Kier alpha value is -3.15. The minimum absolute atomic E-state index is 0.0358. The molecule has 0 unspecified atom stereocenters. The molecule has 3 aromatic rings. The minimum Gasteiger partial charge on any atom is -0.350 e. The Kier molecular flexibility index (Phi) is 4.33. The fraction of sp³-hybridized carbons (Fsp3) is 0.118. The number of hydrogen-bond acceptors (Lipinski definition) is 4. The molecule has 0 radical (unpaired) electrons. The highest BCUT2D eigenvalue weighted by Gasteiger charge is 2.05. The van der Waals surface area contributed by atoms with Crippen LogP contribution in [-0.2, 0) is 11.3 Å². The van der Waals surface area contributed by atoms with E-state index in [1.54, 1.807) is 18.2 Å². The number of hydrogen-bond donors (Lipinski definition) is 3. The highest BCUT2D eigenvalue weighted by Crippen LogP contribution is 2.07. The second kappa shape index (κ2) is 6.74. The fourth-order valence-corrected chi connectivity index (χ4v) is 2.19. The van der Waals surface area contributed by atoms with Crippen molar-refractivity contribution in [3.05, 3.63) is 70.5 Å². The lowest BCUT2D eigenvalue weighted by Crippen LogP contribution is -2.30. The highest BCUT2D eigenvalue weighted by atomic mass is 16.2. The molecule has 23 heavy (non-hydrogen) atoms. The third-order valence-electron chi connectivity index (χ3n) is 3.36. The lowest BCUT2D eigenvalue weighted by atomic mass is 10.2. The average molecular weight is 308 g/mol. The largest absolute Gasteiger partial charge is 0.350 e. The topological polar surface area (TPSA) is 86.9 Å². The summed E-state index contributed by atoms with van der Waals surface area (Å²) in [5.74, 6) is 0.105. The van der Waals surface area contributed by atoms with Crippen LogP contribution in [0, 0.1) is 0 Å². The fourth-order valence-electron chi connectivity index (χ4n) is 2.19. The summed E-state index contributed by atoms with van der Waals surface area (Å²) in [5, 5.41) is 6.15. The van der Waals surface area contributed by atoms with Crippen LogP contribution in [0.25, 0.3) is 10.9 Å². The summed E-state index contributed by atoms with van der Waals surface area (Å²) in [6.07, 6.45) is 0. The van der Waals surface area contributed by atoms with E-state index < -0.39 is 0 Å². The molecule has 1 aromatic heterocycles. The molecule has 0 fully saturated rings. The molecule has 0 bridgehead atoms. The number of anilines is 1. The Bertz CT molecular complexity index is 874. The summed E-state index contributed by atoms with van der Waals surface area (Å²) in [4.78, 5) is 30.7. The quantitative estimate of drug-likeness (QED) is 0.669. The van der Waals surface area contributed by atoms with Gasteiger partial charge >= 0.3 is 0 Å². The number of para-hydroxylation sites is 1. The van der Waals surface area contributed by atoms with Crippen LogP contribution >= 0.6 is 0 Å². The summed E-state index contributed by atoms with van der Waals surface area (Å²) in [6.45, 7) is 0.497. The van der Waals surface area contributed by atoms with E-state index >= 15 is 0 Å². The molecule has 0 saturated carbocycles. The van der Waals surface area contributed by atoms with Gasteiger partial charge in [0.15, 0.2) is 0 Å². The van der Waals surface area contributed by atoms with E-state index in [9.17, 15) is 9.59 Å². The van der Waals surface area contributed by atoms with Crippen molar-refractivity contribution in [1.29, 1.82) is 0 Å². The number of nitrogens with zero attached hydrogens (tertiary/aromatic N) is 1. The van der Waals surface area contributed by atoms with Gasteiger partial charge in [-0.2, -0.15) is 0 Å². The minimum atomic E-state index is -0.234. The third-order valence-corrected chi connectivity index (χ3v) is 3.36. The SMILES string of the molecule is O=C(CNc1nc2ccccc2c(=O)[nH]1)NCc1ccccc1. The second-order valence-electron chi connectivity index (χ2n) is 5.05. The molecule has 1 heterocycles. The van der Waals surface area contributed by atoms with Gasteiger partial charge in [0.1, 0.15) is 0 Å². The predicted molar refractivity (Wildman–Crippen MR) is 89.1 cm³/mol. The monoisotopic (exact) mass is 308 g/mol. The van der Waals surface area contributed by atoms with Crippen molar-refractivity contribution in [3.8, 4) is 0 Å². The number of aromatic nitrogens is 2. The molecule has 0 aliphatic heterocycles. The van der Waals surface area contributed by atoms with Crippen molar-refractivity contribution >= 4 is 22.8 Å². The molecule has 0 aliphatic rings. The average Bonchev–Trinajstić information content (AvgIpc) is 2.59. The van der Waals surface area contributed by atoms with Crippen LogP contribution < -0.4 is 16.2 Å². The number of nitrogens with one attached hydrogen (secondary N) is 3. The number of carbonyl (C=O) groups is 1. The zero-order valence-electron chi connectivity index (χ0n) is 12.4. The van der Waals surface area contributed by atoms with Gasteiger partial charge in [-0.05, 0) is 17.7 Å². The normalized spacial score (nSPS) is 10.4. The van der Waals surface area contributed by atoms with Crippen LogP contribution in [0.4, 0.5) is 5.95 Å². The molecular formula is C17H16N4O2. The molecule has 0 aliphatic carbocycles. The molecule has 0 saturated heterocycles. The lowest BCUT2D eigenvalue weighted by Gasteiger charge is -2.07. The Morgan fingerprint density at radius 2 is 1.78 bits per heavy atom. The number of fused-ring (bicyclic) bond motifs is 1. The molecule has 3 rings (SSSR count). The van der Waals surface area contributed by atoms with E-state index in [2.05, 4.69) is 20.6 Å². The van der Waals surface area contributed by atoms with Crippen LogP contribution in [0.15, 0.2) is 59.4 Å². The summed E-state index contributed by atoms with van der Waals surface area (Å²) in [6, 6.07) is 16.7. The van der Waals surface area contributed by atoms with Gasteiger partial charge in [0, 0.05) is 6.54 Å². The first-order valence-electron chi connectivity index (χ1n) is 7.26. The number of aromatic amines is 1. The van der Waals surface area contributed by atoms with Crippen LogP contribution in [0.3, 0.4) is 0 Å². The summed E-state index contributed by atoms with van der Waals surface area (Å²) in [7, 11) is 0. The number of H-pyrrole nitrogens is 1. The predicted octanol–water partition coefficient (Wildman–Crippen LogP) is 1.65. The van der Waals surface area contributed by atoms with Crippen LogP contribution in [0.2, 0.25) is 0 Å².